The van der Waals surface area contributed by atoms with E-state index in [1.54, 1.807) is 12.1 Å². The number of nitrogens with two attached hydrogens (primary N) is 1. The van der Waals surface area contributed by atoms with Gasteiger partial charge in [-0.15, -0.1) is 0 Å². The summed E-state index contributed by atoms with van der Waals surface area (Å²) < 4.78 is 0. The third kappa shape index (κ3) is 3.39. The molecule has 0 aliphatic carbocycles. The molecule has 5 heteroatoms. The lowest BCUT2D eigenvalue weighted by Gasteiger charge is -2.07. The molecule has 0 aliphatic rings. The summed E-state index contributed by atoms with van der Waals surface area (Å²) in [6, 6.07) is 9.24. The van der Waals surface area contributed by atoms with Crippen LogP contribution in [0.4, 0.5) is 0 Å². The highest BCUT2D eigenvalue weighted by molar-refractivity contribution is 5.95. The second-order valence-electron chi connectivity index (χ2n) is 4.59. The summed E-state index contributed by atoms with van der Waals surface area (Å²) >= 11 is 0. The van der Waals surface area contributed by atoms with Crippen molar-refractivity contribution in [2.75, 3.05) is 13.1 Å². The molecule has 2 aromatic heterocycles. The van der Waals surface area contributed by atoms with Gasteiger partial charge in [-0.3, -0.25) is 14.8 Å². The van der Waals surface area contributed by atoms with Gasteiger partial charge in [-0.25, -0.2) is 0 Å². The van der Waals surface area contributed by atoms with Crippen molar-refractivity contribution in [2.45, 2.75) is 13.8 Å². The minimum Gasteiger partial charge on any atom is -0.351 e. The van der Waals surface area contributed by atoms with E-state index in [-0.39, 0.29) is 5.91 Å². The Balaban J connectivity index is 2.36. The number of carbonyl (C=O) groups excluding carboxylic acids is 1. The van der Waals surface area contributed by atoms with Crippen LogP contribution in [0, 0.1) is 13.8 Å². The van der Waals surface area contributed by atoms with Gasteiger partial charge < -0.3 is 11.1 Å². The average molecular weight is 270 g/mol. The van der Waals surface area contributed by atoms with Crippen molar-refractivity contribution in [3.05, 3.63) is 47.3 Å². The minimum absolute atomic E-state index is 0.144. The predicted octanol–water partition coefficient (Wildman–Crippen LogP) is 1.45. The molecule has 0 bridgehead atoms. The zero-order valence-corrected chi connectivity index (χ0v) is 11.7. The van der Waals surface area contributed by atoms with E-state index < -0.39 is 0 Å². The summed E-state index contributed by atoms with van der Waals surface area (Å²) in [5.74, 6) is -0.144. The topological polar surface area (TPSA) is 80.9 Å². The largest absolute Gasteiger partial charge is 0.351 e. The van der Waals surface area contributed by atoms with Crippen LogP contribution in [0.25, 0.3) is 11.4 Å². The second-order valence-corrected chi connectivity index (χ2v) is 4.59. The number of hydrogen-bond donors (Lipinski definition) is 2. The molecule has 104 valence electrons. The first-order valence-corrected chi connectivity index (χ1v) is 6.51. The first-order chi connectivity index (χ1) is 9.60. The quantitative estimate of drug-likeness (QED) is 0.881. The zero-order chi connectivity index (χ0) is 14.5. The third-order valence-electron chi connectivity index (χ3n) is 2.80. The van der Waals surface area contributed by atoms with Crippen molar-refractivity contribution in [1.29, 1.82) is 0 Å². The summed E-state index contributed by atoms with van der Waals surface area (Å²) in [5, 5.41) is 2.75. The monoisotopic (exact) mass is 270 g/mol. The maximum atomic E-state index is 12.0. The number of pyridine rings is 2. The number of nitrogens with zero attached hydrogens (tertiary/aromatic N) is 2. The third-order valence-corrected chi connectivity index (χ3v) is 2.80. The van der Waals surface area contributed by atoms with E-state index in [0.29, 0.717) is 24.3 Å². The summed E-state index contributed by atoms with van der Waals surface area (Å²) in [6.07, 6.45) is 0. The molecule has 0 fully saturated rings. The predicted molar refractivity (Wildman–Crippen MR) is 78.3 cm³/mol. The highest BCUT2D eigenvalue weighted by Crippen LogP contribution is 2.17. The van der Waals surface area contributed by atoms with E-state index in [2.05, 4.69) is 15.3 Å². The average Bonchev–Trinajstić information content (AvgIpc) is 2.44. The molecule has 2 aromatic rings. The van der Waals surface area contributed by atoms with Gasteiger partial charge in [0, 0.05) is 30.0 Å². The molecule has 2 rings (SSSR count). The molecular formula is C15H18N4O. The maximum Gasteiger partial charge on any atom is 0.251 e. The Morgan fingerprint density at radius 3 is 2.60 bits per heavy atom. The molecule has 0 atom stereocenters. The lowest BCUT2D eigenvalue weighted by Crippen LogP contribution is -2.29. The van der Waals surface area contributed by atoms with E-state index in [4.69, 9.17) is 5.73 Å². The molecule has 0 saturated carbocycles. The van der Waals surface area contributed by atoms with Gasteiger partial charge in [-0.2, -0.15) is 0 Å². The number of nitrogens with one attached hydrogen (secondary N) is 1. The fourth-order valence-corrected chi connectivity index (χ4v) is 1.90. The van der Waals surface area contributed by atoms with Crippen LogP contribution in [0.5, 0.6) is 0 Å². The normalized spacial score (nSPS) is 10.3. The van der Waals surface area contributed by atoms with Gasteiger partial charge in [0.15, 0.2) is 0 Å². The molecule has 1 amide bonds. The number of amides is 1. The molecule has 0 aliphatic heterocycles. The second kappa shape index (κ2) is 6.25. The molecule has 2 heterocycles. The van der Waals surface area contributed by atoms with E-state index in [1.807, 2.05) is 32.0 Å². The number of rotatable bonds is 4. The molecular weight excluding hydrogens is 252 g/mol. The van der Waals surface area contributed by atoms with Crippen molar-refractivity contribution >= 4 is 5.91 Å². The van der Waals surface area contributed by atoms with Crippen LogP contribution in [0.2, 0.25) is 0 Å². The molecule has 0 saturated heterocycles. The van der Waals surface area contributed by atoms with Crippen LogP contribution in [0.3, 0.4) is 0 Å². The number of aromatic nitrogens is 2. The Hall–Kier alpha value is -2.27. The van der Waals surface area contributed by atoms with E-state index in [1.165, 1.54) is 0 Å². The first-order valence-electron chi connectivity index (χ1n) is 6.51. The molecule has 3 N–H and O–H groups in total. The summed E-state index contributed by atoms with van der Waals surface area (Å²) in [4.78, 5) is 20.9. The molecule has 5 nitrogen and oxygen atoms in total. The first kappa shape index (κ1) is 14.1. The van der Waals surface area contributed by atoms with Crippen molar-refractivity contribution in [3.63, 3.8) is 0 Å². The molecule has 0 aromatic carbocycles. The molecule has 0 radical (unpaired) electrons. The Morgan fingerprint density at radius 2 is 1.90 bits per heavy atom. The van der Waals surface area contributed by atoms with E-state index >= 15 is 0 Å². The van der Waals surface area contributed by atoms with E-state index in [0.717, 1.165) is 17.1 Å². The molecule has 0 spiro atoms. The molecule has 0 unspecified atom stereocenters. The van der Waals surface area contributed by atoms with Crippen LogP contribution in [0.1, 0.15) is 21.7 Å². The maximum absolute atomic E-state index is 12.0. The van der Waals surface area contributed by atoms with Crippen molar-refractivity contribution in [2.24, 2.45) is 5.73 Å². The van der Waals surface area contributed by atoms with Crippen LogP contribution in [0.15, 0.2) is 30.3 Å². The van der Waals surface area contributed by atoms with Gasteiger partial charge in [0.25, 0.3) is 5.91 Å². The number of hydrogen-bond acceptors (Lipinski definition) is 4. The van der Waals surface area contributed by atoms with Crippen LogP contribution >= 0.6 is 0 Å². The summed E-state index contributed by atoms with van der Waals surface area (Å²) in [5.41, 5.74) is 9.12. The smallest absolute Gasteiger partial charge is 0.251 e. The Morgan fingerprint density at radius 1 is 1.15 bits per heavy atom. The van der Waals surface area contributed by atoms with Crippen LogP contribution in [-0.4, -0.2) is 29.0 Å². The Bertz CT molecular complexity index is 625. The van der Waals surface area contributed by atoms with Gasteiger partial charge in [-0.1, -0.05) is 6.07 Å². The fraction of sp³-hybridized carbons (Fsp3) is 0.267. The van der Waals surface area contributed by atoms with Gasteiger partial charge in [-0.05, 0) is 38.1 Å². The highest BCUT2D eigenvalue weighted by Gasteiger charge is 2.10. The highest BCUT2D eigenvalue weighted by atomic mass is 16.1. The fourth-order valence-electron chi connectivity index (χ4n) is 1.90. The minimum atomic E-state index is -0.144. The number of carbonyl (C=O) groups is 1. The lowest BCUT2D eigenvalue weighted by molar-refractivity contribution is 0.0954. The van der Waals surface area contributed by atoms with Crippen molar-refractivity contribution in [3.8, 4) is 11.4 Å². The van der Waals surface area contributed by atoms with Crippen molar-refractivity contribution < 1.29 is 4.79 Å². The van der Waals surface area contributed by atoms with Gasteiger partial charge in [0.2, 0.25) is 0 Å². The lowest BCUT2D eigenvalue weighted by atomic mass is 10.1. The number of aryl methyl sites for hydroxylation is 2. The summed E-state index contributed by atoms with van der Waals surface area (Å²) in [7, 11) is 0. The van der Waals surface area contributed by atoms with Gasteiger partial charge in [0.05, 0.1) is 11.4 Å². The van der Waals surface area contributed by atoms with Crippen molar-refractivity contribution in [1.82, 2.24) is 15.3 Å². The summed E-state index contributed by atoms with van der Waals surface area (Å²) in [6.45, 7) is 4.66. The van der Waals surface area contributed by atoms with Crippen LogP contribution in [-0.2, 0) is 0 Å². The van der Waals surface area contributed by atoms with Gasteiger partial charge >= 0.3 is 0 Å². The standard InChI is InChI=1S/C15H18N4O/c1-10-4-3-5-13(18-10)14-9-12(8-11(2)19-14)15(20)17-7-6-16/h3-5,8-9H,6-7,16H2,1-2H3,(H,17,20). The Labute approximate surface area is 118 Å². The van der Waals surface area contributed by atoms with E-state index in [9.17, 15) is 4.79 Å². The SMILES string of the molecule is Cc1cccc(-c2cc(C(=O)NCCN)cc(C)n2)n1. The zero-order valence-electron chi connectivity index (χ0n) is 11.7. The van der Waals surface area contributed by atoms with Gasteiger partial charge in [0.1, 0.15) is 0 Å². The molecule has 20 heavy (non-hydrogen) atoms. The Kier molecular flexibility index (Phi) is 4.42. The van der Waals surface area contributed by atoms with Crippen LogP contribution < -0.4 is 11.1 Å².